The van der Waals surface area contributed by atoms with Crippen molar-refractivity contribution in [2.45, 2.75) is 0 Å². The lowest BCUT2D eigenvalue weighted by Gasteiger charge is -2.05. The van der Waals surface area contributed by atoms with Crippen molar-refractivity contribution in [2.24, 2.45) is 0 Å². The number of benzene rings is 2. The van der Waals surface area contributed by atoms with Crippen molar-refractivity contribution < 1.29 is 13.6 Å². The van der Waals surface area contributed by atoms with Crippen LogP contribution in [0.5, 0.6) is 0 Å². The summed E-state index contributed by atoms with van der Waals surface area (Å²) in [5.41, 5.74) is -0.678. The fourth-order valence-electron chi connectivity index (χ4n) is 1.78. The van der Waals surface area contributed by atoms with Gasteiger partial charge in [0, 0.05) is 5.56 Å². The first-order valence-electron chi connectivity index (χ1n) is 5.99. The van der Waals surface area contributed by atoms with Gasteiger partial charge in [0.15, 0.2) is 0 Å². The number of hydrogen-bond acceptors (Lipinski definition) is 2. The van der Waals surface area contributed by atoms with Crippen molar-refractivity contribution in [3.63, 3.8) is 0 Å². The molecule has 6 heteroatoms. The molecule has 0 radical (unpaired) electrons. The Morgan fingerprint density at radius 3 is 2.36 bits per heavy atom. The van der Waals surface area contributed by atoms with Gasteiger partial charge in [-0.05, 0) is 36.4 Å². The molecule has 2 aromatic rings. The van der Waals surface area contributed by atoms with Crippen LogP contribution >= 0.6 is 23.2 Å². The maximum absolute atomic E-state index is 13.6. The van der Waals surface area contributed by atoms with Gasteiger partial charge < -0.3 is 0 Å². The summed E-state index contributed by atoms with van der Waals surface area (Å²) >= 11 is 11.8. The maximum Gasteiger partial charge on any atom is 0.206 e. The summed E-state index contributed by atoms with van der Waals surface area (Å²) in [6.45, 7) is 0. The second-order valence-electron chi connectivity index (χ2n) is 4.26. The van der Waals surface area contributed by atoms with E-state index in [9.17, 15) is 13.6 Å². The first kappa shape index (κ1) is 16.2. The zero-order valence-corrected chi connectivity index (χ0v) is 12.4. The highest BCUT2D eigenvalue weighted by Crippen LogP contribution is 2.27. The molecule has 0 saturated carbocycles. The normalized spacial score (nSPS) is 11.1. The van der Waals surface area contributed by atoms with Gasteiger partial charge in [-0.15, -0.1) is 0 Å². The number of halogens is 4. The van der Waals surface area contributed by atoms with Crippen LogP contribution in [0.4, 0.5) is 8.78 Å². The average Bonchev–Trinajstić information content (AvgIpc) is 2.47. The Kier molecular flexibility index (Phi) is 4.92. The zero-order valence-electron chi connectivity index (χ0n) is 10.9. The Bertz CT molecular complexity index is 805. The largest absolute Gasteiger partial charge is 0.288 e. The molecule has 0 N–H and O–H groups in total. The topological polar surface area (TPSA) is 40.9 Å². The minimum atomic E-state index is -0.762. The molecule has 0 bridgehead atoms. The highest BCUT2D eigenvalue weighted by molar-refractivity contribution is 6.41. The van der Waals surface area contributed by atoms with E-state index in [0.717, 1.165) is 24.3 Å². The number of nitrogens with zero attached hydrogens (tertiary/aromatic N) is 1. The Hall–Kier alpha value is -2.22. The molecule has 2 nitrogen and oxygen atoms in total. The third-order valence-corrected chi connectivity index (χ3v) is 3.44. The summed E-state index contributed by atoms with van der Waals surface area (Å²) in [6, 6.07) is 8.81. The summed E-state index contributed by atoms with van der Waals surface area (Å²) < 4.78 is 26.8. The minimum absolute atomic E-state index is 0.0598. The number of allylic oxidation sites excluding steroid dienone is 1. The van der Waals surface area contributed by atoms with Crippen molar-refractivity contribution in [3.8, 4) is 6.07 Å². The smallest absolute Gasteiger partial charge is 0.206 e. The predicted octanol–water partition coefficient (Wildman–Crippen LogP) is 5.06. The lowest BCUT2D eigenvalue weighted by Crippen LogP contribution is -2.04. The van der Waals surface area contributed by atoms with Crippen molar-refractivity contribution in [3.05, 3.63) is 74.8 Å². The molecule has 0 aliphatic rings. The third kappa shape index (κ3) is 3.33. The first-order valence-corrected chi connectivity index (χ1v) is 6.75. The minimum Gasteiger partial charge on any atom is -0.288 e. The molecule has 2 rings (SSSR count). The quantitative estimate of drug-likeness (QED) is 0.446. The molecule has 0 saturated heterocycles. The van der Waals surface area contributed by atoms with Crippen LogP contribution in [0.3, 0.4) is 0 Å². The summed E-state index contributed by atoms with van der Waals surface area (Å²) in [7, 11) is 0. The number of carbonyl (C=O) groups excluding carboxylic acids is 1. The van der Waals surface area contributed by atoms with Gasteiger partial charge in [0.1, 0.15) is 23.3 Å². The fourth-order valence-corrected chi connectivity index (χ4v) is 2.35. The number of carbonyl (C=O) groups is 1. The van der Waals surface area contributed by atoms with Gasteiger partial charge in [0.25, 0.3) is 0 Å². The van der Waals surface area contributed by atoms with E-state index in [0.29, 0.717) is 0 Å². The van der Waals surface area contributed by atoms with Gasteiger partial charge in [-0.3, -0.25) is 4.79 Å². The van der Waals surface area contributed by atoms with Gasteiger partial charge in [-0.2, -0.15) is 5.26 Å². The third-order valence-electron chi connectivity index (χ3n) is 2.81. The Balaban J connectivity index is 2.53. The summed E-state index contributed by atoms with van der Waals surface area (Å²) in [5.74, 6) is -2.21. The van der Waals surface area contributed by atoms with E-state index < -0.39 is 23.0 Å². The van der Waals surface area contributed by atoms with Crippen LogP contribution in [0, 0.1) is 23.0 Å². The van der Waals surface area contributed by atoms with E-state index >= 15 is 0 Å². The standard InChI is InChI=1S/C16H7Cl2F2NO/c17-12-2-1-3-13(18)15(12)16(22)10(8-21)6-9-7-11(19)4-5-14(9)20/h1-7H/b10-6+. The zero-order chi connectivity index (χ0) is 16.3. The van der Waals surface area contributed by atoms with Crippen molar-refractivity contribution in [1.29, 1.82) is 5.26 Å². The van der Waals surface area contributed by atoms with Crippen LogP contribution < -0.4 is 0 Å². The van der Waals surface area contributed by atoms with Gasteiger partial charge >= 0.3 is 0 Å². The van der Waals surface area contributed by atoms with Crippen LogP contribution in [0.15, 0.2) is 42.0 Å². The van der Waals surface area contributed by atoms with E-state index in [4.69, 9.17) is 28.5 Å². The molecule has 0 aromatic heterocycles. The highest BCUT2D eigenvalue weighted by atomic mass is 35.5. The number of Topliss-reactive ketones (excluding diaryl/α,β-unsaturated/α-hetero) is 1. The average molecular weight is 338 g/mol. The van der Waals surface area contributed by atoms with E-state index in [1.54, 1.807) is 12.1 Å². The van der Waals surface area contributed by atoms with Crippen LogP contribution in [-0.2, 0) is 0 Å². The number of ketones is 1. The van der Waals surface area contributed by atoms with Crippen molar-refractivity contribution in [2.75, 3.05) is 0 Å². The number of hydrogen-bond donors (Lipinski definition) is 0. The van der Waals surface area contributed by atoms with Crippen molar-refractivity contribution >= 4 is 35.1 Å². The van der Waals surface area contributed by atoms with E-state index in [1.807, 2.05) is 0 Å². The fraction of sp³-hybridized carbons (Fsp3) is 0. The SMILES string of the molecule is N#C/C(=C\c1cc(F)ccc1F)C(=O)c1c(Cl)cccc1Cl. The molecular formula is C16H7Cl2F2NO. The van der Waals surface area contributed by atoms with Gasteiger partial charge in [-0.25, -0.2) is 8.78 Å². The molecule has 2 aromatic carbocycles. The van der Waals surface area contributed by atoms with Crippen LogP contribution in [0.25, 0.3) is 6.08 Å². The van der Waals surface area contributed by atoms with Gasteiger partial charge in [-0.1, -0.05) is 29.3 Å². The van der Waals surface area contributed by atoms with Crippen LogP contribution in [0.2, 0.25) is 10.0 Å². The van der Waals surface area contributed by atoms with E-state index in [-0.39, 0.29) is 21.2 Å². The molecule has 0 heterocycles. The molecule has 0 amide bonds. The molecule has 0 unspecified atom stereocenters. The van der Waals surface area contributed by atoms with Crippen LogP contribution in [-0.4, -0.2) is 5.78 Å². The molecule has 0 fully saturated rings. The second kappa shape index (κ2) is 6.69. The Labute approximate surface area is 135 Å². The summed E-state index contributed by atoms with van der Waals surface area (Å²) in [4.78, 5) is 12.3. The molecule has 110 valence electrons. The first-order chi connectivity index (χ1) is 10.4. The van der Waals surface area contributed by atoms with Gasteiger partial charge in [0.2, 0.25) is 5.78 Å². The molecule has 0 aliphatic heterocycles. The maximum atomic E-state index is 13.6. The molecule has 0 aliphatic carbocycles. The predicted molar refractivity (Wildman–Crippen MR) is 80.7 cm³/mol. The van der Waals surface area contributed by atoms with Crippen LogP contribution in [0.1, 0.15) is 15.9 Å². The molecular weight excluding hydrogens is 331 g/mol. The Morgan fingerprint density at radius 2 is 1.77 bits per heavy atom. The summed E-state index contributed by atoms with van der Waals surface area (Å²) in [6.07, 6.45) is 0.959. The monoisotopic (exact) mass is 337 g/mol. The lowest BCUT2D eigenvalue weighted by molar-refractivity contribution is 0.104. The van der Waals surface area contributed by atoms with Gasteiger partial charge in [0.05, 0.1) is 15.6 Å². The molecule has 0 spiro atoms. The molecule has 22 heavy (non-hydrogen) atoms. The van der Waals surface area contributed by atoms with Crippen molar-refractivity contribution in [1.82, 2.24) is 0 Å². The highest BCUT2D eigenvalue weighted by Gasteiger charge is 2.19. The second-order valence-corrected chi connectivity index (χ2v) is 5.08. The van der Waals surface area contributed by atoms with E-state index in [1.165, 1.54) is 12.1 Å². The lowest BCUT2D eigenvalue weighted by atomic mass is 10.0. The number of rotatable bonds is 3. The summed E-state index contributed by atoms with van der Waals surface area (Å²) in [5, 5.41) is 9.26. The molecule has 0 atom stereocenters. The number of nitriles is 1. The van der Waals surface area contributed by atoms with E-state index in [2.05, 4.69) is 0 Å². The Morgan fingerprint density at radius 1 is 1.14 bits per heavy atom.